The van der Waals surface area contributed by atoms with Gasteiger partial charge in [-0.1, -0.05) is 0 Å². The predicted molar refractivity (Wildman–Crippen MR) is 49.3 cm³/mol. The molecule has 2 nitrogen and oxygen atoms in total. The van der Waals surface area contributed by atoms with Crippen LogP contribution in [0.5, 0.6) is 0 Å². The molecule has 2 saturated heterocycles. The summed E-state index contributed by atoms with van der Waals surface area (Å²) < 4.78 is 0. The molecule has 0 aromatic heterocycles. The van der Waals surface area contributed by atoms with Crippen LogP contribution in [0.25, 0.3) is 0 Å². The van der Waals surface area contributed by atoms with Gasteiger partial charge < -0.3 is 5.32 Å². The van der Waals surface area contributed by atoms with Gasteiger partial charge in [0.2, 0.25) is 0 Å². The lowest BCUT2D eigenvalue weighted by molar-refractivity contribution is 0.122. The van der Waals surface area contributed by atoms with Gasteiger partial charge in [0.25, 0.3) is 0 Å². The molecule has 66 valence electrons. The highest BCUT2D eigenvalue weighted by Crippen LogP contribution is 2.29. The van der Waals surface area contributed by atoms with Crippen molar-refractivity contribution in [3.05, 3.63) is 0 Å². The van der Waals surface area contributed by atoms with E-state index in [1.807, 2.05) is 0 Å². The summed E-state index contributed by atoms with van der Waals surface area (Å²) in [4.78, 5) is 2.63. The summed E-state index contributed by atoms with van der Waals surface area (Å²) in [5.74, 6) is 0. The molecule has 0 aromatic carbocycles. The first kappa shape index (κ1) is 9.30. The standard InChI is InChI=1S/C8H16N2.ClH/c1-8-3-2-5-10(8)6-4-9-7-8;/h9H,2-7H2,1H3;1H/t8-;/m1./s1. The van der Waals surface area contributed by atoms with Crippen LogP contribution in [-0.4, -0.2) is 36.6 Å². The average molecular weight is 177 g/mol. The van der Waals surface area contributed by atoms with E-state index in [9.17, 15) is 0 Å². The molecular formula is C8H17ClN2. The highest BCUT2D eigenvalue weighted by molar-refractivity contribution is 5.85. The molecule has 2 rings (SSSR count). The molecule has 2 heterocycles. The fourth-order valence-electron chi connectivity index (χ4n) is 2.23. The predicted octanol–water partition coefficient (Wildman–Crippen LogP) is 0.866. The molecule has 1 N–H and O–H groups in total. The Morgan fingerprint density at radius 1 is 1.36 bits per heavy atom. The van der Waals surface area contributed by atoms with Gasteiger partial charge >= 0.3 is 0 Å². The van der Waals surface area contributed by atoms with Gasteiger partial charge in [0.05, 0.1) is 0 Å². The van der Waals surface area contributed by atoms with Crippen LogP contribution in [0.4, 0.5) is 0 Å². The average Bonchev–Trinajstić information content (AvgIpc) is 2.29. The normalized spacial score (nSPS) is 37.9. The molecule has 11 heavy (non-hydrogen) atoms. The summed E-state index contributed by atoms with van der Waals surface area (Å²) >= 11 is 0. The Hall–Kier alpha value is 0.210. The molecule has 2 aliphatic rings. The lowest BCUT2D eigenvalue weighted by atomic mass is 9.97. The van der Waals surface area contributed by atoms with Crippen LogP contribution < -0.4 is 5.32 Å². The lowest BCUT2D eigenvalue weighted by Gasteiger charge is -2.39. The summed E-state index contributed by atoms with van der Waals surface area (Å²) in [6, 6.07) is 0. The van der Waals surface area contributed by atoms with Crippen molar-refractivity contribution in [3.63, 3.8) is 0 Å². The Morgan fingerprint density at radius 3 is 2.91 bits per heavy atom. The van der Waals surface area contributed by atoms with Crippen molar-refractivity contribution in [2.45, 2.75) is 25.3 Å². The van der Waals surface area contributed by atoms with Crippen molar-refractivity contribution in [1.29, 1.82) is 0 Å². The SMILES string of the molecule is C[C@]12CCCN1CCNC2.Cl. The van der Waals surface area contributed by atoms with Crippen molar-refractivity contribution < 1.29 is 0 Å². The fraction of sp³-hybridized carbons (Fsp3) is 1.00. The molecule has 0 aromatic rings. The van der Waals surface area contributed by atoms with Crippen molar-refractivity contribution >= 4 is 12.4 Å². The van der Waals surface area contributed by atoms with E-state index in [-0.39, 0.29) is 12.4 Å². The van der Waals surface area contributed by atoms with Gasteiger partial charge in [-0.3, -0.25) is 4.90 Å². The van der Waals surface area contributed by atoms with E-state index < -0.39 is 0 Å². The third kappa shape index (κ3) is 1.53. The number of nitrogens with one attached hydrogen (secondary N) is 1. The highest BCUT2D eigenvalue weighted by Gasteiger charge is 2.37. The maximum Gasteiger partial charge on any atom is 0.0306 e. The molecule has 0 spiro atoms. The van der Waals surface area contributed by atoms with Gasteiger partial charge in [-0.2, -0.15) is 0 Å². The molecule has 3 heteroatoms. The molecule has 2 fully saturated rings. The van der Waals surface area contributed by atoms with E-state index in [1.165, 1.54) is 39.0 Å². The van der Waals surface area contributed by atoms with Crippen LogP contribution in [0.15, 0.2) is 0 Å². The minimum atomic E-state index is 0. The summed E-state index contributed by atoms with van der Waals surface area (Å²) in [7, 11) is 0. The molecule has 0 unspecified atom stereocenters. The summed E-state index contributed by atoms with van der Waals surface area (Å²) in [5, 5.41) is 3.46. The first-order valence-corrected chi connectivity index (χ1v) is 4.27. The van der Waals surface area contributed by atoms with Crippen LogP contribution in [0.2, 0.25) is 0 Å². The second-order valence-corrected chi connectivity index (χ2v) is 3.76. The molecular weight excluding hydrogens is 160 g/mol. The second kappa shape index (κ2) is 3.30. The number of piperazine rings is 1. The van der Waals surface area contributed by atoms with Gasteiger partial charge in [-0.05, 0) is 26.3 Å². The van der Waals surface area contributed by atoms with E-state index in [0.29, 0.717) is 5.54 Å². The van der Waals surface area contributed by atoms with E-state index >= 15 is 0 Å². The molecule has 0 amide bonds. The summed E-state index contributed by atoms with van der Waals surface area (Å²) in [6.07, 6.45) is 2.79. The summed E-state index contributed by atoms with van der Waals surface area (Å²) in [5.41, 5.74) is 0.512. The van der Waals surface area contributed by atoms with Gasteiger partial charge in [-0.25, -0.2) is 0 Å². The Kier molecular flexibility index (Phi) is 2.79. The number of fused-ring (bicyclic) bond motifs is 1. The third-order valence-electron chi connectivity index (χ3n) is 2.97. The topological polar surface area (TPSA) is 15.3 Å². The zero-order chi connectivity index (χ0) is 7.03. The van der Waals surface area contributed by atoms with E-state index in [1.54, 1.807) is 0 Å². The third-order valence-corrected chi connectivity index (χ3v) is 2.97. The monoisotopic (exact) mass is 176 g/mol. The zero-order valence-corrected chi connectivity index (χ0v) is 7.91. The number of hydrogen-bond donors (Lipinski definition) is 1. The van der Waals surface area contributed by atoms with Crippen molar-refractivity contribution in [2.24, 2.45) is 0 Å². The number of nitrogens with zero attached hydrogens (tertiary/aromatic N) is 1. The van der Waals surface area contributed by atoms with Crippen molar-refractivity contribution in [3.8, 4) is 0 Å². The molecule has 0 aliphatic carbocycles. The van der Waals surface area contributed by atoms with Gasteiger partial charge in [0.15, 0.2) is 0 Å². The van der Waals surface area contributed by atoms with E-state index in [2.05, 4.69) is 17.1 Å². The number of halogens is 1. The molecule has 1 atom stereocenters. The van der Waals surface area contributed by atoms with Crippen LogP contribution in [-0.2, 0) is 0 Å². The first-order chi connectivity index (χ1) is 4.81. The Balaban J connectivity index is 0.000000605. The largest absolute Gasteiger partial charge is 0.314 e. The van der Waals surface area contributed by atoms with Crippen LogP contribution in [0.1, 0.15) is 19.8 Å². The quantitative estimate of drug-likeness (QED) is 0.589. The first-order valence-electron chi connectivity index (χ1n) is 4.27. The Bertz CT molecular complexity index is 140. The minimum absolute atomic E-state index is 0. The van der Waals surface area contributed by atoms with E-state index in [4.69, 9.17) is 0 Å². The van der Waals surface area contributed by atoms with E-state index in [0.717, 1.165) is 0 Å². The van der Waals surface area contributed by atoms with Gasteiger partial charge in [-0.15, -0.1) is 12.4 Å². The van der Waals surface area contributed by atoms with Crippen LogP contribution in [0.3, 0.4) is 0 Å². The van der Waals surface area contributed by atoms with Crippen LogP contribution >= 0.6 is 12.4 Å². The molecule has 2 aliphatic heterocycles. The molecule has 0 radical (unpaired) electrons. The number of rotatable bonds is 0. The van der Waals surface area contributed by atoms with Crippen molar-refractivity contribution in [1.82, 2.24) is 10.2 Å². The Morgan fingerprint density at radius 2 is 2.18 bits per heavy atom. The van der Waals surface area contributed by atoms with Gasteiger partial charge in [0, 0.05) is 25.2 Å². The summed E-state index contributed by atoms with van der Waals surface area (Å²) in [6.45, 7) is 7.36. The van der Waals surface area contributed by atoms with Crippen molar-refractivity contribution in [2.75, 3.05) is 26.2 Å². The smallest absolute Gasteiger partial charge is 0.0306 e. The zero-order valence-electron chi connectivity index (χ0n) is 7.10. The maximum absolute atomic E-state index is 3.46. The maximum atomic E-state index is 3.46. The van der Waals surface area contributed by atoms with Crippen LogP contribution in [0, 0.1) is 0 Å². The second-order valence-electron chi connectivity index (χ2n) is 3.76. The highest BCUT2D eigenvalue weighted by atomic mass is 35.5. The molecule has 0 bridgehead atoms. The Labute approximate surface area is 74.7 Å². The minimum Gasteiger partial charge on any atom is -0.314 e. The van der Waals surface area contributed by atoms with Gasteiger partial charge in [0.1, 0.15) is 0 Å². The fourth-order valence-corrected chi connectivity index (χ4v) is 2.23. The lowest BCUT2D eigenvalue weighted by Crippen LogP contribution is -2.55. The number of hydrogen-bond acceptors (Lipinski definition) is 2. The molecule has 0 saturated carbocycles.